The van der Waals surface area contributed by atoms with E-state index >= 15 is 0 Å². The molecule has 5 heteroatoms. The van der Waals surface area contributed by atoms with Crippen molar-refractivity contribution in [2.45, 2.75) is 25.7 Å². The van der Waals surface area contributed by atoms with Gasteiger partial charge in [0.05, 0.1) is 6.42 Å². The quantitative estimate of drug-likeness (QED) is 0.859. The van der Waals surface area contributed by atoms with E-state index in [2.05, 4.69) is 11.4 Å². The van der Waals surface area contributed by atoms with Crippen molar-refractivity contribution in [2.24, 2.45) is 0 Å². The lowest BCUT2D eigenvalue weighted by Gasteiger charge is -1.90. The van der Waals surface area contributed by atoms with E-state index in [0.717, 1.165) is 17.7 Å². The fraction of sp³-hybridized carbons (Fsp3) is 0.357. The maximum atomic E-state index is 10.1. The largest absolute Gasteiger partial charge is 0.481 e. The Kier molecular flexibility index (Phi) is 8.13. The first-order valence-corrected chi connectivity index (χ1v) is 7.85. The summed E-state index contributed by atoms with van der Waals surface area (Å²) in [6, 6.07) is 8.02. The maximum Gasteiger partial charge on any atom is 0.303 e. The second-order valence-electron chi connectivity index (χ2n) is 3.88. The minimum Gasteiger partial charge on any atom is -0.481 e. The molecule has 104 valence electrons. The summed E-state index contributed by atoms with van der Waals surface area (Å²) in [5.41, 5.74) is 0. The predicted molar refractivity (Wildman–Crippen MR) is 80.0 cm³/mol. The second kappa shape index (κ2) is 9.72. The number of hydrogen-bond acceptors (Lipinski definition) is 4. The van der Waals surface area contributed by atoms with E-state index in [9.17, 15) is 4.79 Å². The Labute approximate surface area is 121 Å². The number of carboxylic acid groups (broad SMARTS) is 1. The van der Waals surface area contributed by atoms with Crippen LogP contribution in [0.3, 0.4) is 0 Å². The number of aliphatic hydroxyl groups is 1. The highest BCUT2D eigenvalue weighted by atomic mass is 32.1. The maximum absolute atomic E-state index is 10.1. The molecule has 2 heterocycles. The van der Waals surface area contributed by atoms with Crippen molar-refractivity contribution < 1.29 is 15.0 Å². The molecule has 0 amide bonds. The molecule has 0 aliphatic heterocycles. The Morgan fingerprint density at radius 1 is 1.05 bits per heavy atom. The fourth-order valence-electron chi connectivity index (χ4n) is 1.39. The highest BCUT2D eigenvalue weighted by Gasteiger charge is 1.98. The first-order valence-electron chi connectivity index (χ1n) is 6.09. The van der Waals surface area contributed by atoms with Crippen LogP contribution in [0.1, 0.15) is 22.6 Å². The zero-order chi connectivity index (χ0) is 13.9. The molecule has 2 rings (SSSR count). The monoisotopic (exact) mass is 298 g/mol. The Morgan fingerprint density at radius 2 is 1.63 bits per heavy atom. The fourth-order valence-corrected chi connectivity index (χ4v) is 2.85. The zero-order valence-electron chi connectivity index (χ0n) is 10.6. The normalized spacial score (nSPS) is 9.74. The van der Waals surface area contributed by atoms with Crippen LogP contribution in [0.25, 0.3) is 0 Å². The van der Waals surface area contributed by atoms with Crippen LogP contribution in [0.15, 0.2) is 35.0 Å². The smallest absolute Gasteiger partial charge is 0.303 e. The van der Waals surface area contributed by atoms with E-state index in [1.807, 2.05) is 23.6 Å². The number of aliphatic hydroxyl groups excluding tert-OH is 1. The molecule has 0 aliphatic rings. The summed E-state index contributed by atoms with van der Waals surface area (Å²) >= 11 is 3.35. The van der Waals surface area contributed by atoms with Gasteiger partial charge in [0, 0.05) is 16.4 Å². The minimum atomic E-state index is -0.728. The molecule has 0 bridgehead atoms. The van der Waals surface area contributed by atoms with Crippen LogP contribution in [-0.2, 0) is 17.6 Å². The van der Waals surface area contributed by atoms with E-state index in [0.29, 0.717) is 13.0 Å². The Balaban J connectivity index is 0.000000191. The molecular weight excluding hydrogens is 280 g/mol. The molecule has 0 spiro atoms. The van der Waals surface area contributed by atoms with Gasteiger partial charge < -0.3 is 10.2 Å². The molecule has 0 aromatic carbocycles. The summed E-state index contributed by atoms with van der Waals surface area (Å²) in [7, 11) is 0. The van der Waals surface area contributed by atoms with Crippen molar-refractivity contribution >= 4 is 28.6 Å². The minimum absolute atomic E-state index is 0.237. The van der Waals surface area contributed by atoms with Gasteiger partial charge in [-0.2, -0.15) is 0 Å². The number of carboxylic acids is 1. The van der Waals surface area contributed by atoms with E-state index in [1.165, 1.54) is 4.88 Å². The standard InChI is InChI=1S/C7H8O2S.C7H10OS/c8-7(9)4-3-6-2-1-5-10-6;8-5-1-3-7-4-2-6-9-7/h1-2,5H,3-4H2,(H,8,9);2,4,6,8H,1,3,5H2. The number of carbonyl (C=O) groups is 1. The molecular formula is C14H18O3S2. The third-order valence-corrected chi connectivity index (χ3v) is 4.20. The molecule has 0 radical (unpaired) electrons. The summed E-state index contributed by atoms with van der Waals surface area (Å²) in [5.74, 6) is -0.728. The van der Waals surface area contributed by atoms with Gasteiger partial charge in [0.2, 0.25) is 0 Å². The average Bonchev–Trinajstić information content (AvgIpc) is 3.08. The van der Waals surface area contributed by atoms with Gasteiger partial charge in [-0.25, -0.2) is 0 Å². The SMILES string of the molecule is O=C(O)CCc1cccs1.OCCCc1cccs1. The summed E-state index contributed by atoms with van der Waals surface area (Å²) in [6.07, 6.45) is 2.81. The third kappa shape index (κ3) is 7.77. The van der Waals surface area contributed by atoms with Gasteiger partial charge in [-0.3, -0.25) is 4.79 Å². The van der Waals surface area contributed by atoms with Crippen LogP contribution in [0.4, 0.5) is 0 Å². The Hall–Kier alpha value is -1.17. The van der Waals surface area contributed by atoms with Crippen molar-refractivity contribution in [3.63, 3.8) is 0 Å². The van der Waals surface area contributed by atoms with Gasteiger partial charge in [0.25, 0.3) is 0 Å². The number of aliphatic carboxylic acids is 1. The molecule has 0 saturated carbocycles. The van der Waals surface area contributed by atoms with Crippen molar-refractivity contribution in [3.8, 4) is 0 Å². The van der Waals surface area contributed by atoms with Crippen LogP contribution in [-0.4, -0.2) is 22.8 Å². The lowest BCUT2D eigenvalue weighted by atomic mass is 10.3. The van der Waals surface area contributed by atoms with Gasteiger partial charge in [0.15, 0.2) is 0 Å². The summed E-state index contributed by atoms with van der Waals surface area (Å²) in [4.78, 5) is 12.6. The lowest BCUT2D eigenvalue weighted by molar-refractivity contribution is -0.136. The second-order valence-corrected chi connectivity index (χ2v) is 5.94. The van der Waals surface area contributed by atoms with Gasteiger partial charge in [-0.15, -0.1) is 22.7 Å². The molecule has 0 unspecified atom stereocenters. The predicted octanol–water partition coefficient (Wildman–Crippen LogP) is 3.44. The zero-order valence-corrected chi connectivity index (χ0v) is 12.3. The summed E-state index contributed by atoms with van der Waals surface area (Å²) in [6.45, 7) is 0.303. The van der Waals surface area contributed by atoms with Crippen LogP contribution in [0.5, 0.6) is 0 Å². The van der Waals surface area contributed by atoms with Crippen LogP contribution < -0.4 is 0 Å². The molecule has 0 saturated heterocycles. The first kappa shape index (κ1) is 15.9. The van der Waals surface area contributed by atoms with Crippen LogP contribution >= 0.6 is 22.7 Å². The number of aryl methyl sites for hydroxylation is 2. The molecule has 2 aromatic rings. The Bertz CT molecular complexity index is 435. The molecule has 0 atom stereocenters. The van der Waals surface area contributed by atoms with Crippen molar-refractivity contribution in [1.29, 1.82) is 0 Å². The highest BCUT2D eigenvalue weighted by Crippen LogP contribution is 2.10. The van der Waals surface area contributed by atoms with Gasteiger partial charge in [-0.1, -0.05) is 12.1 Å². The van der Waals surface area contributed by atoms with Crippen LogP contribution in [0, 0.1) is 0 Å². The first-order chi connectivity index (χ1) is 9.22. The van der Waals surface area contributed by atoms with E-state index in [1.54, 1.807) is 22.7 Å². The molecule has 19 heavy (non-hydrogen) atoms. The molecule has 2 N–H and O–H groups in total. The van der Waals surface area contributed by atoms with E-state index < -0.39 is 5.97 Å². The number of hydrogen-bond donors (Lipinski definition) is 2. The van der Waals surface area contributed by atoms with Gasteiger partial charge in [0.1, 0.15) is 0 Å². The van der Waals surface area contributed by atoms with Crippen LogP contribution in [0.2, 0.25) is 0 Å². The number of thiophene rings is 2. The Morgan fingerprint density at radius 3 is 2.05 bits per heavy atom. The van der Waals surface area contributed by atoms with Gasteiger partial charge >= 0.3 is 5.97 Å². The highest BCUT2D eigenvalue weighted by molar-refractivity contribution is 7.10. The van der Waals surface area contributed by atoms with Crippen molar-refractivity contribution in [2.75, 3.05) is 6.61 Å². The van der Waals surface area contributed by atoms with Crippen molar-refractivity contribution in [3.05, 3.63) is 44.8 Å². The lowest BCUT2D eigenvalue weighted by Crippen LogP contribution is -1.95. The topological polar surface area (TPSA) is 57.5 Å². The molecule has 0 aliphatic carbocycles. The molecule has 3 nitrogen and oxygen atoms in total. The van der Waals surface area contributed by atoms with Crippen molar-refractivity contribution in [1.82, 2.24) is 0 Å². The molecule has 0 fully saturated rings. The van der Waals surface area contributed by atoms with Gasteiger partial charge in [-0.05, 0) is 42.2 Å². The van der Waals surface area contributed by atoms with E-state index in [4.69, 9.17) is 10.2 Å². The average molecular weight is 298 g/mol. The number of rotatable bonds is 6. The van der Waals surface area contributed by atoms with E-state index in [-0.39, 0.29) is 6.42 Å². The third-order valence-electron chi connectivity index (χ3n) is 2.33. The summed E-state index contributed by atoms with van der Waals surface area (Å²) < 4.78 is 0. The summed E-state index contributed by atoms with van der Waals surface area (Å²) in [5, 5.41) is 20.8. The molecule has 2 aromatic heterocycles.